The first-order valence-electron chi connectivity index (χ1n) is 12.5. The van der Waals surface area contributed by atoms with E-state index < -0.39 is 0 Å². The fourth-order valence-electron chi connectivity index (χ4n) is 5.13. The molecule has 0 bridgehead atoms. The molecule has 0 aliphatic carbocycles. The van der Waals surface area contributed by atoms with Crippen LogP contribution < -0.4 is 5.56 Å². The summed E-state index contributed by atoms with van der Waals surface area (Å²) in [6, 6.07) is 18.7. The average molecular weight is 535 g/mol. The molecular formula is C28H32BrN5O. The first-order valence-corrected chi connectivity index (χ1v) is 13.3. The normalized spacial score (nSPS) is 15.0. The Balaban J connectivity index is 1.17. The zero-order chi connectivity index (χ0) is 24.2. The Labute approximate surface area is 214 Å². The van der Waals surface area contributed by atoms with E-state index in [1.54, 1.807) is 10.9 Å². The lowest BCUT2D eigenvalue weighted by Crippen LogP contribution is -2.34. The smallest absolute Gasteiger partial charge is 0.286 e. The summed E-state index contributed by atoms with van der Waals surface area (Å²) >= 11 is 3.61. The highest BCUT2D eigenvalue weighted by Gasteiger charge is 2.24. The van der Waals surface area contributed by atoms with Gasteiger partial charge in [0.2, 0.25) is 0 Å². The minimum Gasteiger partial charge on any atom is -0.306 e. The molecule has 0 spiro atoms. The van der Waals surface area contributed by atoms with Crippen LogP contribution in [0.2, 0.25) is 0 Å². The van der Waals surface area contributed by atoms with Gasteiger partial charge in [-0.2, -0.15) is 0 Å². The van der Waals surface area contributed by atoms with Crippen molar-refractivity contribution in [3.63, 3.8) is 0 Å². The van der Waals surface area contributed by atoms with E-state index in [9.17, 15) is 4.79 Å². The van der Waals surface area contributed by atoms with E-state index in [1.807, 2.05) is 47.4 Å². The van der Waals surface area contributed by atoms with Crippen LogP contribution in [0, 0.1) is 5.92 Å². The van der Waals surface area contributed by atoms with Gasteiger partial charge in [-0.15, -0.1) is 0 Å². The molecule has 2 aromatic heterocycles. The topological polar surface area (TPSA) is 48.0 Å². The highest BCUT2D eigenvalue weighted by Crippen LogP contribution is 2.26. The maximum Gasteiger partial charge on any atom is 0.286 e. The number of halogens is 1. The van der Waals surface area contributed by atoms with Gasteiger partial charge < -0.3 is 4.57 Å². The second-order valence-electron chi connectivity index (χ2n) is 9.32. The van der Waals surface area contributed by atoms with Crippen LogP contribution in [0.25, 0.3) is 11.4 Å². The summed E-state index contributed by atoms with van der Waals surface area (Å²) in [6.45, 7) is 5.80. The van der Waals surface area contributed by atoms with Crippen LogP contribution in [0.4, 0.5) is 0 Å². The molecule has 0 N–H and O–H groups in total. The molecule has 1 saturated heterocycles. The van der Waals surface area contributed by atoms with Gasteiger partial charge in [0.25, 0.3) is 5.56 Å². The van der Waals surface area contributed by atoms with Gasteiger partial charge in [-0.05, 0) is 97.4 Å². The summed E-state index contributed by atoms with van der Waals surface area (Å²) in [7, 11) is 0. The molecule has 7 heteroatoms. The number of nitrogens with zero attached hydrogens (tertiary/aromatic N) is 5. The molecule has 1 aliphatic rings. The molecule has 4 aromatic rings. The second-order valence-corrected chi connectivity index (χ2v) is 10.1. The largest absolute Gasteiger partial charge is 0.306 e. The van der Waals surface area contributed by atoms with E-state index in [4.69, 9.17) is 0 Å². The van der Waals surface area contributed by atoms with Crippen LogP contribution in [0.3, 0.4) is 0 Å². The highest BCUT2D eigenvalue weighted by molar-refractivity contribution is 9.10. The third kappa shape index (κ3) is 5.21. The van der Waals surface area contributed by atoms with E-state index in [1.165, 1.54) is 24.8 Å². The summed E-state index contributed by atoms with van der Waals surface area (Å²) in [5.41, 5.74) is 4.54. The van der Waals surface area contributed by atoms with Gasteiger partial charge >= 0.3 is 0 Å². The third-order valence-corrected chi connectivity index (χ3v) is 7.94. The molecule has 6 nitrogen and oxygen atoms in total. The van der Waals surface area contributed by atoms with Crippen molar-refractivity contribution in [3.05, 3.63) is 99.4 Å². The molecule has 35 heavy (non-hydrogen) atoms. The van der Waals surface area contributed by atoms with Crippen LogP contribution >= 0.6 is 15.9 Å². The van der Waals surface area contributed by atoms with Gasteiger partial charge in [0.1, 0.15) is 4.47 Å². The zero-order valence-corrected chi connectivity index (χ0v) is 21.8. The molecule has 1 aliphatic heterocycles. The molecule has 3 heterocycles. The van der Waals surface area contributed by atoms with Gasteiger partial charge in [0, 0.05) is 31.2 Å². The molecule has 1 fully saturated rings. The predicted molar refractivity (Wildman–Crippen MR) is 143 cm³/mol. The van der Waals surface area contributed by atoms with E-state index in [0.717, 1.165) is 55.6 Å². The number of hydrogen-bond acceptors (Lipinski definition) is 3. The van der Waals surface area contributed by atoms with Crippen molar-refractivity contribution in [1.29, 1.82) is 0 Å². The number of para-hydroxylation sites is 1. The summed E-state index contributed by atoms with van der Waals surface area (Å²) < 4.78 is 6.62. The number of hydrogen-bond donors (Lipinski definition) is 0. The summed E-state index contributed by atoms with van der Waals surface area (Å²) in [5.74, 6) is 0.755. The zero-order valence-electron chi connectivity index (χ0n) is 20.2. The molecule has 0 unspecified atom stereocenters. The predicted octanol–water partition coefficient (Wildman–Crippen LogP) is 5.45. The average Bonchev–Trinajstić information content (AvgIpc) is 3.52. The highest BCUT2D eigenvalue weighted by atomic mass is 79.9. The van der Waals surface area contributed by atoms with Gasteiger partial charge in [0.05, 0.1) is 17.7 Å². The van der Waals surface area contributed by atoms with Crippen molar-refractivity contribution < 1.29 is 0 Å². The number of aryl methyl sites for hydroxylation is 1. The maximum atomic E-state index is 13.0. The number of rotatable bonds is 8. The van der Waals surface area contributed by atoms with Crippen LogP contribution in [-0.2, 0) is 19.5 Å². The van der Waals surface area contributed by atoms with Crippen molar-refractivity contribution in [2.45, 2.75) is 45.7 Å². The fourth-order valence-corrected chi connectivity index (χ4v) is 5.63. The standard InChI is InChI=1S/C28H32BrN5O/c1-2-33-26(27(29)28(35)34(33)25-6-4-3-5-7-25)20-31-17-14-23(15-18-31)9-8-22-10-12-24(13-11-22)32-19-16-30-21-32/h3-7,10-13,16,19,21,23H,2,8-9,14-15,17-18,20H2,1H3. The monoisotopic (exact) mass is 533 g/mol. The van der Waals surface area contributed by atoms with Crippen LogP contribution in [0.15, 0.2) is 82.6 Å². The van der Waals surface area contributed by atoms with E-state index >= 15 is 0 Å². The lowest BCUT2D eigenvalue weighted by Gasteiger charge is -2.32. The molecular weight excluding hydrogens is 502 g/mol. The van der Waals surface area contributed by atoms with Gasteiger partial charge in [-0.25, -0.2) is 9.67 Å². The minimum absolute atomic E-state index is 0.0157. The molecule has 0 saturated carbocycles. The number of likely N-dealkylation sites (tertiary alicyclic amines) is 1. The molecule has 2 aromatic carbocycles. The Hall–Kier alpha value is -2.90. The molecule has 0 atom stereocenters. The van der Waals surface area contributed by atoms with Gasteiger partial charge in [-0.1, -0.05) is 30.3 Å². The first-order chi connectivity index (χ1) is 17.1. The Morgan fingerprint density at radius 2 is 1.74 bits per heavy atom. The van der Waals surface area contributed by atoms with Crippen molar-refractivity contribution in [2.75, 3.05) is 13.1 Å². The molecule has 0 radical (unpaired) electrons. The third-order valence-electron chi connectivity index (χ3n) is 7.15. The maximum absolute atomic E-state index is 13.0. The van der Waals surface area contributed by atoms with Crippen molar-refractivity contribution in [1.82, 2.24) is 23.8 Å². The fraction of sp³-hybridized carbons (Fsp3) is 0.357. The number of piperidine rings is 1. The Morgan fingerprint density at radius 1 is 1.00 bits per heavy atom. The Bertz CT molecular complexity index is 1280. The van der Waals surface area contributed by atoms with Crippen LogP contribution in [0.1, 0.15) is 37.4 Å². The van der Waals surface area contributed by atoms with Crippen molar-refractivity contribution >= 4 is 15.9 Å². The molecule has 5 rings (SSSR count). The van der Waals surface area contributed by atoms with E-state index in [0.29, 0.717) is 4.47 Å². The van der Waals surface area contributed by atoms with Crippen LogP contribution in [0.5, 0.6) is 0 Å². The molecule has 182 valence electrons. The first kappa shape index (κ1) is 23.8. The number of benzene rings is 2. The molecule has 0 amide bonds. The van der Waals surface area contributed by atoms with Crippen LogP contribution in [-0.4, -0.2) is 36.9 Å². The minimum atomic E-state index is 0.0157. The second kappa shape index (κ2) is 10.8. The number of imidazole rings is 1. The SMILES string of the molecule is CCn1c(CN2CCC(CCc3ccc(-n4ccnc4)cc3)CC2)c(Br)c(=O)n1-c1ccccc1. The lowest BCUT2D eigenvalue weighted by atomic mass is 9.90. The summed E-state index contributed by atoms with van der Waals surface area (Å²) in [6.07, 6.45) is 10.4. The van der Waals surface area contributed by atoms with Gasteiger partial charge in [-0.3, -0.25) is 14.4 Å². The van der Waals surface area contributed by atoms with Crippen molar-refractivity contribution in [3.8, 4) is 11.4 Å². The quantitative estimate of drug-likeness (QED) is 0.302. The number of aromatic nitrogens is 4. The Kier molecular flexibility index (Phi) is 7.35. The summed E-state index contributed by atoms with van der Waals surface area (Å²) in [4.78, 5) is 19.7. The van der Waals surface area contributed by atoms with E-state index in [2.05, 4.69) is 61.7 Å². The lowest BCUT2D eigenvalue weighted by molar-refractivity contribution is 0.168. The van der Waals surface area contributed by atoms with Gasteiger partial charge in [0.15, 0.2) is 0 Å². The van der Waals surface area contributed by atoms with Crippen molar-refractivity contribution in [2.24, 2.45) is 5.92 Å². The van der Waals surface area contributed by atoms with E-state index in [-0.39, 0.29) is 5.56 Å². The summed E-state index contributed by atoms with van der Waals surface area (Å²) in [5, 5.41) is 0. The Morgan fingerprint density at radius 3 is 2.40 bits per heavy atom.